The van der Waals surface area contributed by atoms with E-state index in [1.807, 2.05) is 24.3 Å². The number of amides is 1. The van der Waals surface area contributed by atoms with Crippen molar-refractivity contribution in [1.29, 1.82) is 0 Å². The summed E-state index contributed by atoms with van der Waals surface area (Å²) in [4.78, 5) is 34.2. The minimum absolute atomic E-state index is 0.0288. The van der Waals surface area contributed by atoms with Gasteiger partial charge in [-0.05, 0) is 35.1 Å². The number of benzene rings is 2. The van der Waals surface area contributed by atoms with E-state index in [0.717, 1.165) is 0 Å². The molecule has 1 aliphatic rings. The summed E-state index contributed by atoms with van der Waals surface area (Å²) in [5, 5.41) is 11.3. The van der Waals surface area contributed by atoms with Crippen LogP contribution in [0, 0.1) is 0 Å². The molecule has 0 aliphatic heterocycles. The fourth-order valence-electron chi connectivity index (χ4n) is 5.57. The predicted molar refractivity (Wildman–Crippen MR) is 208 cm³/mol. The van der Waals surface area contributed by atoms with Crippen molar-refractivity contribution in [3.63, 3.8) is 0 Å². The van der Waals surface area contributed by atoms with Gasteiger partial charge in [0.1, 0.15) is 13.2 Å². The number of hydrogen-bond donors (Lipinski definition) is 2. The number of ether oxygens (including phenoxy) is 11. The quantitative estimate of drug-likeness (QED) is 0.0741. The van der Waals surface area contributed by atoms with Crippen LogP contribution in [0.3, 0.4) is 0 Å². The Balaban J connectivity index is 0.944. The number of aliphatic carboxylic acids is 1. The first kappa shape index (κ1) is 47.7. The molecule has 16 heteroatoms. The van der Waals surface area contributed by atoms with E-state index in [0.29, 0.717) is 132 Å². The van der Waals surface area contributed by atoms with Gasteiger partial charge in [-0.15, -0.1) is 0 Å². The number of hydrogen-bond acceptors (Lipinski definition) is 14. The number of carboxylic acids is 1. The number of carboxylic acid groups (broad SMARTS) is 1. The Labute approximate surface area is 335 Å². The lowest BCUT2D eigenvalue weighted by molar-refractivity contribution is -0.146. The van der Waals surface area contributed by atoms with Crippen LogP contribution in [0.1, 0.15) is 42.7 Å². The summed E-state index contributed by atoms with van der Waals surface area (Å²) in [7, 11) is 0. The highest BCUT2D eigenvalue weighted by Crippen LogP contribution is 2.44. The van der Waals surface area contributed by atoms with Gasteiger partial charge in [0.25, 0.3) is 0 Å². The van der Waals surface area contributed by atoms with Crippen LogP contribution >= 0.6 is 0 Å². The molecule has 1 amide bonds. The molecule has 0 radical (unpaired) electrons. The van der Waals surface area contributed by atoms with Gasteiger partial charge < -0.3 is 62.5 Å². The van der Waals surface area contributed by atoms with Crippen molar-refractivity contribution in [2.45, 2.75) is 31.6 Å². The molecule has 0 aromatic heterocycles. The summed E-state index contributed by atoms with van der Waals surface area (Å²) in [6.07, 6.45) is 0.754. The van der Waals surface area contributed by atoms with Crippen LogP contribution in [0.15, 0.2) is 48.5 Å². The van der Waals surface area contributed by atoms with E-state index in [-0.39, 0.29) is 44.5 Å². The van der Waals surface area contributed by atoms with Crippen molar-refractivity contribution in [2.24, 2.45) is 0 Å². The third kappa shape index (κ3) is 22.7. The van der Waals surface area contributed by atoms with Crippen LogP contribution < -0.4 is 5.32 Å². The largest absolute Gasteiger partial charge is 0.481 e. The number of rotatable bonds is 37. The fraction of sp³-hybridized carbons (Fsp3) is 0.634. The molecule has 3 rings (SSSR count). The van der Waals surface area contributed by atoms with Gasteiger partial charge in [0.2, 0.25) is 0 Å². The number of fused-ring (bicyclic) bond motifs is 3. The molecule has 2 aromatic rings. The molecule has 2 N–H and O–H groups in total. The van der Waals surface area contributed by atoms with E-state index in [4.69, 9.17) is 57.2 Å². The zero-order valence-corrected chi connectivity index (χ0v) is 33.0. The Bertz CT molecular complexity index is 1320. The molecule has 2 aromatic carbocycles. The Morgan fingerprint density at radius 3 is 1.26 bits per heavy atom. The van der Waals surface area contributed by atoms with Gasteiger partial charge in [0, 0.05) is 25.3 Å². The Hall–Kier alpha value is -3.71. The molecule has 0 atom stereocenters. The highest BCUT2D eigenvalue weighted by atomic mass is 16.6. The van der Waals surface area contributed by atoms with Gasteiger partial charge in [-0.3, -0.25) is 9.59 Å². The van der Waals surface area contributed by atoms with Gasteiger partial charge in [0.05, 0.1) is 119 Å². The topological polar surface area (TPSA) is 185 Å². The number of unbranched alkanes of at least 4 members (excludes halogenated alkanes) is 1. The first-order valence-electron chi connectivity index (χ1n) is 19.7. The summed E-state index contributed by atoms with van der Waals surface area (Å²) in [6.45, 7) is 8.51. The lowest BCUT2D eigenvalue weighted by Crippen LogP contribution is -2.29. The smallest absolute Gasteiger partial charge is 0.407 e. The average molecular weight is 808 g/mol. The van der Waals surface area contributed by atoms with E-state index in [1.54, 1.807) is 0 Å². The second kappa shape index (κ2) is 32.3. The fourth-order valence-corrected chi connectivity index (χ4v) is 5.57. The summed E-state index contributed by atoms with van der Waals surface area (Å²) in [5.74, 6) is -1.19. The van der Waals surface area contributed by atoms with E-state index in [9.17, 15) is 14.4 Å². The molecular formula is C41H61NO15. The van der Waals surface area contributed by atoms with E-state index in [1.165, 1.54) is 22.3 Å². The molecule has 16 nitrogen and oxygen atoms in total. The third-order valence-electron chi connectivity index (χ3n) is 8.35. The van der Waals surface area contributed by atoms with Gasteiger partial charge >= 0.3 is 18.0 Å². The first-order chi connectivity index (χ1) is 28.1. The number of nitrogens with one attached hydrogen (secondary N) is 1. The maximum atomic E-state index is 12.2. The number of esters is 1. The second-order valence-electron chi connectivity index (χ2n) is 12.6. The van der Waals surface area contributed by atoms with E-state index in [2.05, 4.69) is 29.6 Å². The average Bonchev–Trinajstić information content (AvgIpc) is 3.54. The Kier molecular flexibility index (Phi) is 27.0. The maximum Gasteiger partial charge on any atom is 0.407 e. The van der Waals surface area contributed by atoms with Gasteiger partial charge in [-0.25, -0.2) is 4.79 Å². The normalized spacial score (nSPS) is 12.0. The van der Waals surface area contributed by atoms with Crippen molar-refractivity contribution < 1.29 is 71.6 Å². The van der Waals surface area contributed by atoms with Crippen molar-refractivity contribution in [1.82, 2.24) is 5.32 Å². The number of carbonyl (C=O) groups is 3. The molecule has 0 fully saturated rings. The summed E-state index contributed by atoms with van der Waals surface area (Å²) in [5.41, 5.74) is 4.75. The summed E-state index contributed by atoms with van der Waals surface area (Å²) in [6, 6.07) is 16.5. The van der Waals surface area contributed by atoms with Gasteiger partial charge in [0.15, 0.2) is 0 Å². The lowest BCUT2D eigenvalue weighted by Gasteiger charge is -2.14. The van der Waals surface area contributed by atoms with Crippen molar-refractivity contribution >= 4 is 18.0 Å². The van der Waals surface area contributed by atoms with Crippen LogP contribution in [0.4, 0.5) is 4.79 Å². The minimum Gasteiger partial charge on any atom is -0.481 e. The molecular weight excluding hydrogens is 746 g/mol. The second-order valence-corrected chi connectivity index (χ2v) is 12.6. The molecule has 57 heavy (non-hydrogen) atoms. The Morgan fingerprint density at radius 2 is 0.842 bits per heavy atom. The zero-order valence-electron chi connectivity index (χ0n) is 33.0. The monoisotopic (exact) mass is 807 g/mol. The highest BCUT2D eigenvalue weighted by Gasteiger charge is 2.29. The van der Waals surface area contributed by atoms with E-state index < -0.39 is 12.1 Å². The molecule has 0 bridgehead atoms. The first-order valence-corrected chi connectivity index (χ1v) is 19.7. The van der Waals surface area contributed by atoms with Crippen LogP contribution in [0.2, 0.25) is 0 Å². The lowest BCUT2D eigenvalue weighted by atomic mass is 9.98. The molecule has 0 heterocycles. The van der Waals surface area contributed by atoms with Gasteiger partial charge in [-0.1, -0.05) is 48.5 Å². The molecule has 0 saturated heterocycles. The highest BCUT2D eigenvalue weighted by molar-refractivity contribution is 5.79. The van der Waals surface area contributed by atoms with E-state index >= 15 is 0 Å². The third-order valence-corrected chi connectivity index (χ3v) is 8.35. The van der Waals surface area contributed by atoms with Crippen molar-refractivity contribution in [3.8, 4) is 11.1 Å². The standard InChI is InChI=1S/C41H61NO15/c43-39(44)11-5-6-12-40(45)56-32-31-55-30-29-54-28-27-53-26-25-52-24-23-51-22-21-50-20-19-49-18-17-48-16-15-47-14-13-42-41(46)57-33-38-36-9-3-1-7-34(36)35-8-2-4-10-37(35)38/h1-4,7-10,38H,5-6,11-33H2,(H,42,46)(H,43,44). The molecule has 0 spiro atoms. The molecule has 0 unspecified atom stereocenters. The van der Waals surface area contributed by atoms with Crippen molar-refractivity contribution in [3.05, 3.63) is 59.7 Å². The molecule has 320 valence electrons. The SMILES string of the molecule is O=C(O)CCCCC(=O)OCCOCCOCCOCCOCCOCCOCCOCCOCCOCCNC(=O)OCC1c2ccccc2-c2ccccc21. The molecule has 0 saturated carbocycles. The van der Waals surface area contributed by atoms with Crippen LogP contribution in [-0.4, -0.2) is 162 Å². The zero-order chi connectivity index (χ0) is 40.4. The number of alkyl carbamates (subject to hydrolysis) is 1. The summed E-state index contributed by atoms with van der Waals surface area (Å²) >= 11 is 0. The minimum atomic E-state index is -0.867. The van der Waals surface area contributed by atoms with Crippen LogP contribution in [0.5, 0.6) is 0 Å². The predicted octanol–water partition coefficient (Wildman–Crippen LogP) is 3.86. The van der Waals surface area contributed by atoms with Crippen molar-refractivity contribution in [2.75, 3.05) is 139 Å². The summed E-state index contributed by atoms with van der Waals surface area (Å²) < 4.78 is 59.7. The molecule has 1 aliphatic carbocycles. The Morgan fingerprint density at radius 1 is 0.474 bits per heavy atom. The van der Waals surface area contributed by atoms with Crippen LogP contribution in [0.25, 0.3) is 11.1 Å². The van der Waals surface area contributed by atoms with Gasteiger partial charge in [-0.2, -0.15) is 0 Å². The van der Waals surface area contributed by atoms with Crippen LogP contribution in [-0.2, 0) is 61.7 Å². The number of carbonyl (C=O) groups excluding carboxylic acids is 2. The maximum absolute atomic E-state index is 12.2.